The van der Waals surface area contributed by atoms with Crippen molar-refractivity contribution >= 4 is 27.8 Å². The first kappa shape index (κ1) is 21.6. The minimum atomic E-state index is -1.00. The van der Waals surface area contributed by atoms with Crippen molar-refractivity contribution in [3.8, 4) is 11.4 Å². The molecular formula is C22H19N4O4Y-. The van der Waals surface area contributed by atoms with E-state index in [0.29, 0.717) is 16.9 Å². The zero-order chi connectivity index (χ0) is 20.8. The number of nitrogens with one attached hydrogen (secondary N) is 1. The molecule has 2 aromatic heterocycles. The molecule has 0 atom stereocenters. The van der Waals surface area contributed by atoms with Gasteiger partial charge in [0.05, 0.1) is 22.2 Å². The van der Waals surface area contributed by atoms with Gasteiger partial charge in [-0.1, -0.05) is 31.4 Å². The Hall–Kier alpha value is -2.58. The van der Waals surface area contributed by atoms with Crippen molar-refractivity contribution in [1.82, 2.24) is 19.7 Å². The number of hydrogen-bond acceptors (Lipinski definition) is 4. The third kappa shape index (κ3) is 3.79. The number of carboxylic acid groups (broad SMARTS) is 1. The number of rotatable bonds is 3. The van der Waals surface area contributed by atoms with Crippen LogP contribution in [0.3, 0.4) is 0 Å². The fraction of sp³-hybridized carbons (Fsp3) is 0.273. The second-order valence-corrected chi connectivity index (χ2v) is 7.72. The van der Waals surface area contributed by atoms with E-state index < -0.39 is 17.1 Å². The molecule has 4 aromatic rings. The van der Waals surface area contributed by atoms with E-state index in [-0.39, 0.29) is 55.1 Å². The molecule has 0 saturated heterocycles. The Kier molecular flexibility index (Phi) is 5.95. The maximum atomic E-state index is 12.2. The summed E-state index contributed by atoms with van der Waals surface area (Å²) in [5.74, 6) is -0.330. The summed E-state index contributed by atoms with van der Waals surface area (Å²) in [6.45, 7) is 0. The SMILES string of the molecule is O=C(O)c1ccc2c(c1)nc(-c1ccc3c(=O)[n-][nH]c(=O)c3c1)n2C1CCCCC1.[Y]. The Morgan fingerprint density at radius 2 is 1.84 bits per heavy atom. The average Bonchev–Trinajstić information content (AvgIpc) is 3.15. The maximum Gasteiger partial charge on any atom is 0.335 e. The standard InChI is InChI=1S/C22H20N4O4.Y/c27-20-15-8-6-12(10-16(15)21(28)25-24-20)19-23-17-11-13(22(29)30)7-9-18(17)26(19)14-4-2-1-3-5-14;/h6-11,14H,1-5H2,(H3,23,24,25,27,28,29,30);/p-1. The fourth-order valence-corrected chi connectivity index (χ4v) is 4.42. The second kappa shape index (κ2) is 8.51. The molecule has 0 bridgehead atoms. The van der Waals surface area contributed by atoms with Crippen LogP contribution in [0, 0.1) is 0 Å². The van der Waals surface area contributed by atoms with E-state index in [0.717, 1.165) is 31.2 Å². The number of nitrogens with zero attached hydrogens (tertiary/aromatic N) is 3. The van der Waals surface area contributed by atoms with Crippen molar-refractivity contribution in [2.75, 3.05) is 0 Å². The van der Waals surface area contributed by atoms with Crippen molar-refractivity contribution in [3.05, 3.63) is 62.7 Å². The van der Waals surface area contributed by atoms with Gasteiger partial charge >= 0.3 is 5.97 Å². The van der Waals surface area contributed by atoms with Crippen molar-refractivity contribution in [2.24, 2.45) is 0 Å². The number of benzene rings is 2. The van der Waals surface area contributed by atoms with E-state index >= 15 is 0 Å². The number of H-pyrrole nitrogens is 1. The van der Waals surface area contributed by atoms with E-state index in [1.54, 1.807) is 36.4 Å². The van der Waals surface area contributed by atoms with Gasteiger partial charge in [-0.05, 0) is 37.1 Å². The average molecular weight is 492 g/mol. The molecule has 1 aliphatic carbocycles. The van der Waals surface area contributed by atoms with Gasteiger partial charge in [-0.2, -0.15) is 0 Å². The molecule has 0 aliphatic heterocycles. The number of hydrogen-bond donors (Lipinski definition) is 2. The van der Waals surface area contributed by atoms with Gasteiger partial charge in [0.25, 0.3) is 0 Å². The van der Waals surface area contributed by atoms with Gasteiger partial charge in [0, 0.05) is 55.1 Å². The summed E-state index contributed by atoms with van der Waals surface area (Å²) < 4.78 is 2.16. The number of aromatic nitrogens is 4. The van der Waals surface area contributed by atoms with Crippen LogP contribution in [0.25, 0.3) is 33.2 Å². The van der Waals surface area contributed by atoms with Crippen LogP contribution in [0.4, 0.5) is 0 Å². The van der Waals surface area contributed by atoms with Gasteiger partial charge in [-0.3, -0.25) is 4.79 Å². The first-order valence-corrected chi connectivity index (χ1v) is 9.98. The number of carbonyl (C=O) groups is 1. The molecule has 155 valence electrons. The zero-order valence-electron chi connectivity index (χ0n) is 16.7. The van der Waals surface area contributed by atoms with Gasteiger partial charge in [0.1, 0.15) is 5.82 Å². The molecule has 2 aromatic carbocycles. The minimum Gasteiger partial charge on any atom is -0.560 e. The largest absolute Gasteiger partial charge is 0.560 e. The van der Waals surface area contributed by atoms with Crippen LogP contribution in [0.1, 0.15) is 48.5 Å². The molecule has 9 heteroatoms. The summed E-state index contributed by atoms with van der Waals surface area (Å²) in [4.78, 5) is 40.4. The van der Waals surface area contributed by atoms with Gasteiger partial charge in [-0.25, -0.2) is 9.78 Å². The molecule has 0 amide bonds. The van der Waals surface area contributed by atoms with Crippen molar-refractivity contribution in [2.45, 2.75) is 38.1 Å². The quantitative estimate of drug-likeness (QED) is 0.454. The summed E-state index contributed by atoms with van der Waals surface area (Å²) >= 11 is 0. The summed E-state index contributed by atoms with van der Waals surface area (Å²) in [7, 11) is 0. The Balaban J connectivity index is 0.00000231. The molecule has 1 fully saturated rings. The molecule has 8 nitrogen and oxygen atoms in total. The summed E-state index contributed by atoms with van der Waals surface area (Å²) in [5.41, 5.74) is 1.44. The molecule has 1 aliphatic rings. The van der Waals surface area contributed by atoms with Crippen LogP contribution in [-0.4, -0.2) is 25.7 Å². The minimum absolute atomic E-state index is 0. The molecule has 31 heavy (non-hydrogen) atoms. The number of carboxylic acids is 1. The van der Waals surface area contributed by atoms with Crippen LogP contribution in [0.5, 0.6) is 0 Å². The summed E-state index contributed by atoms with van der Waals surface area (Å²) in [6, 6.07) is 10.2. The first-order valence-electron chi connectivity index (χ1n) is 9.98. The Bertz CT molecular complexity index is 1410. The number of imidazole rings is 1. The number of aromatic carboxylic acids is 1. The maximum absolute atomic E-state index is 12.2. The van der Waals surface area contributed by atoms with Crippen LogP contribution >= 0.6 is 0 Å². The van der Waals surface area contributed by atoms with Crippen LogP contribution in [-0.2, 0) is 32.7 Å². The summed E-state index contributed by atoms with van der Waals surface area (Å²) in [6.07, 6.45) is 5.48. The van der Waals surface area contributed by atoms with Gasteiger partial charge in [0.15, 0.2) is 0 Å². The molecular weight excluding hydrogens is 473 g/mol. The second-order valence-electron chi connectivity index (χ2n) is 7.72. The molecule has 1 saturated carbocycles. The third-order valence-electron chi connectivity index (χ3n) is 5.89. The zero-order valence-corrected chi connectivity index (χ0v) is 19.5. The Morgan fingerprint density at radius 1 is 1.06 bits per heavy atom. The predicted molar refractivity (Wildman–Crippen MR) is 112 cm³/mol. The topological polar surface area (TPSA) is 119 Å². The van der Waals surface area contributed by atoms with Gasteiger partial charge in [0.2, 0.25) is 5.56 Å². The molecule has 0 unspecified atom stereocenters. The Morgan fingerprint density at radius 3 is 2.58 bits per heavy atom. The molecule has 5 rings (SSSR count). The fourth-order valence-electron chi connectivity index (χ4n) is 4.42. The third-order valence-corrected chi connectivity index (χ3v) is 5.89. The predicted octanol–water partition coefficient (Wildman–Crippen LogP) is 3.06. The van der Waals surface area contributed by atoms with E-state index in [1.165, 1.54) is 6.42 Å². The molecule has 0 spiro atoms. The van der Waals surface area contributed by atoms with Crippen LogP contribution in [0.2, 0.25) is 0 Å². The van der Waals surface area contributed by atoms with E-state index in [2.05, 4.69) is 14.8 Å². The van der Waals surface area contributed by atoms with Crippen molar-refractivity contribution in [3.63, 3.8) is 0 Å². The molecule has 2 N–H and O–H groups in total. The smallest absolute Gasteiger partial charge is 0.335 e. The number of aromatic amines is 1. The monoisotopic (exact) mass is 492 g/mol. The van der Waals surface area contributed by atoms with Gasteiger partial charge in [-0.15, -0.1) is 0 Å². The van der Waals surface area contributed by atoms with Crippen molar-refractivity contribution in [1.29, 1.82) is 0 Å². The first-order chi connectivity index (χ1) is 14.5. The normalized spacial score (nSPS) is 14.6. The van der Waals surface area contributed by atoms with Crippen LogP contribution < -0.4 is 16.2 Å². The number of fused-ring (bicyclic) bond motifs is 2. The van der Waals surface area contributed by atoms with E-state index in [4.69, 9.17) is 4.98 Å². The molecule has 1 radical (unpaired) electrons. The molecule has 2 heterocycles. The Labute approximate surface area is 201 Å². The van der Waals surface area contributed by atoms with Gasteiger partial charge < -0.3 is 24.7 Å². The van der Waals surface area contributed by atoms with Crippen LogP contribution in [0.15, 0.2) is 46.0 Å². The van der Waals surface area contributed by atoms with E-state index in [1.807, 2.05) is 0 Å². The summed E-state index contributed by atoms with van der Waals surface area (Å²) in [5, 5.41) is 15.6. The van der Waals surface area contributed by atoms with Crippen molar-refractivity contribution < 1.29 is 42.6 Å². The van der Waals surface area contributed by atoms with E-state index in [9.17, 15) is 19.5 Å².